The molecule has 0 bridgehead atoms. The summed E-state index contributed by atoms with van der Waals surface area (Å²) in [7, 11) is 1.65. The molecule has 1 saturated heterocycles. The number of rotatable bonds is 4. The van der Waals surface area contributed by atoms with E-state index >= 15 is 0 Å². The van der Waals surface area contributed by atoms with Gasteiger partial charge in [-0.3, -0.25) is 0 Å². The normalized spacial score (nSPS) is 17.6. The highest BCUT2D eigenvalue weighted by Crippen LogP contribution is 2.34. The minimum atomic E-state index is 0.0186. The number of methoxy groups -OCH3 is 1. The Kier molecular flexibility index (Phi) is 6.23. The molecule has 1 atom stereocenters. The number of nitrogens with zero attached hydrogens (tertiary/aromatic N) is 1. The number of carbonyl (C=O) groups excluding carboxylic acids is 1. The Morgan fingerprint density at radius 2 is 1.92 bits per heavy atom. The van der Waals surface area contributed by atoms with E-state index in [0.29, 0.717) is 11.8 Å². The summed E-state index contributed by atoms with van der Waals surface area (Å²) in [6.07, 6.45) is 0.991. The molecule has 1 unspecified atom stereocenters. The Morgan fingerprint density at radius 1 is 1.16 bits per heavy atom. The van der Waals surface area contributed by atoms with Crippen molar-refractivity contribution in [1.29, 1.82) is 0 Å². The molecule has 0 spiro atoms. The lowest BCUT2D eigenvalue weighted by atomic mass is 10.1. The molecule has 4 nitrogen and oxygen atoms in total. The Morgan fingerprint density at radius 3 is 2.64 bits per heavy atom. The summed E-state index contributed by atoms with van der Waals surface area (Å²) in [5.74, 6) is 1.79. The highest BCUT2D eigenvalue weighted by molar-refractivity contribution is 7.99. The van der Waals surface area contributed by atoms with Crippen molar-refractivity contribution >= 4 is 17.8 Å². The van der Waals surface area contributed by atoms with Gasteiger partial charge in [-0.05, 0) is 29.7 Å². The monoisotopic (exact) mass is 356 g/mol. The lowest BCUT2D eigenvalue weighted by Gasteiger charge is -2.21. The van der Waals surface area contributed by atoms with E-state index in [1.54, 1.807) is 7.11 Å². The lowest BCUT2D eigenvalue weighted by Crippen LogP contribution is -2.40. The van der Waals surface area contributed by atoms with Crippen molar-refractivity contribution < 1.29 is 9.53 Å². The van der Waals surface area contributed by atoms with E-state index in [2.05, 4.69) is 29.6 Å². The number of nitrogens with one attached hydrogen (secondary N) is 1. The number of hydrogen-bond acceptors (Lipinski definition) is 3. The van der Waals surface area contributed by atoms with Gasteiger partial charge in [-0.2, -0.15) is 11.8 Å². The van der Waals surface area contributed by atoms with Gasteiger partial charge in [-0.25, -0.2) is 4.79 Å². The standard InChI is InChI=1S/C20H24N2O2S/c1-24-18-9-7-16(8-10-18)15-21-20(23)22-12-11-19(25-14-13-22)17-5-3-2-4-6-17/h2-10,19H,11-15H2,1H3,(H,21,23). The van der Waals surface area contributed by atoms with Crippen LogP contribution >= 0.6 is 11.8 Å². The minimum Gasteiger partial charge on any atom is -0.497 e. The molecule has 5 heteroatoms. The maximum Gasteiger partial charge on any atom is 0.317 e. The average Bonchev–Trinajstić information content (AvgIpc) is 2.93. The maximum absolute atomic E-state index is 12.5. The first-order valence-electron chi connectivity index (χ1n) is 8.58. The summed E-state index contributed by atoms with van der Waals surface area (Å²) in [6.45, 7) is 2.12. The largest absolute Gasteiger partial charge is 0.497 e. The summed E-state index contributed by atoms with van der Waals surface area (Å²) < 4.78 is 5.15. The average molecular weight is 356 g/mol. The Bertz CT molecular complexity index is 676. The number of urea groups is 1. The smallest absolute Gasteiger partial charge is 0.317 e. The van der Waals surface area contributed by atoms with Crippen LogP contribution in [0.1, 0.15) is 22.8 Å². The quantitative estimate of drug-likeness (QED) is 0.897. The molecular weight excluding hydrogens is 332 g/mol. The van der Waals surface area contributed by atoms with Gasteiger partial charge in [-0.1, -0.05) is 42.5 Å². The van der Waals surface area contributed by atoms with Crippen molar-refractivity contribution in [2.75, 3.05) is 26.0 Å². The van der Waals surface area contributed by atoms with E-state index in [1.807, 2.05) is 47.0 Å². The fraction of sp³-hybridized carbons (Fsp3) is 0.350. The molecule has 0 aliphatic carbocycles. The molecule has 0 saturated carbocycles. The zero-order chi connectivity index (χ0) is 17.5. The molecule has 3 rings (SSSR count). The van der Waals surface area contributed by atoms with Crippen LogP contribution in [0.5, 0.6) is 5.75 Å². The van der Waals surface area contributed by atoms with Crippen LogP contribution in [0.25, 0.3) is 0 Å². The van der Waals surface area contributed by atoms with Gasteiger partial charge in [-0.15, -0.1) is 0 Å². The zero-order valence-corrected chi connectivity index (χ0v) is 15.3. The van der Waals surface area contributed by atoms with E-state index in [-0.39, 0.29) is 6.03 Å². The van der Waals surface area contributed by atoms with Gasteiger partial charge in [0.15, 0.2) is 0 Å². The van der Waals surface area contributed by atoms with Crippen LogP contribution in [0.15, 0.2) is 54.6 Å². The molecule has 25 heavy (non-hydrogen) atoms. The van der Waals surface area contributed by atoms with Crippen LogP contribution in [0.2, 0.25) is 0 Å². The number of thioether (sulfide) groups is 1. The summed E-state index contributed by atoms with van der Waals surface area (Å²) in [6, 6.07) is 18.4. The van der Waals surface area contributed by atoms with Crippen LogP contribution in [-0.4, -0.2) is 36.9 Å². The van der Waals surface area contributed by atoms with Gasteiger partial charge in [0.1, 0.15) is 5.75 Å². The predicted octanol–water partition coefficient (Wildman–Crippen LogP) is 4.09. The number of ether oxygens (including phenoxy) is 1. The van der Waals surface area contributed by atoms with Crippen molar-refractivity contribution in [2.45, 2.75) is 18.2 Å². The van der Waals surface area contributed by atoms with Gasteiger partial charge in [0.05, 0.1) is 7.11 Å². The predicted molar refractivity (Wildman–Crippen MR) is 103 cm³/mol. The first-order chi connectivity index (χ1) is 12.3. The van der Waals surface area contributed by atoms with Gasteiger partial charge in [0, 0.05) is 30.6 Å². The second-order valence-electron chi connectivity index (χ2n) is 6.05. The lowest BCUT2D eigenvalue weighted by molar-refractivity contribution is 0.200. The Labute approximate surface area is 153 Å². The Hall–Kier alpha value is -2.14. The molecular formula is C20H24N2O2S. The third-order valence-electron chi connectivity index (χ3n) is 4.40. The molecule has 2 aromatic rings. The van der Waals surface area contributed by atoms with Crippen molar-refractivity contribution in [1.82, 2.24) is 10.2 Å². The Balaban J connectivity index is 1.50. The molecule has 1 fully saturated rings. The third-order valence-corrected chi connectivity index (χ3v) is 5.73. The van der Waals surface area contributed by atoms with E-state index < -0.39 is 0 Å². The third kappa shape index (κ3) is 4.92. The SMILES string of the molecule is COc1ccc(CNC(=O)N2CCSC(c3ccccc3)CC2)cc1. The van der Waals surface area contributed by atoms with Crippen LogP contribution in [0.4, 0.5) is 4.79 Å². The molecule has 132 valence electrons. The fourth-order valence-corrected chi connectivity index (χ4v) is 4.17. The van der Waals surface area contributed by atoms with Gasteiger partial charge in [0.2, 0.25) is 0 Å². The summed E-state index contributed by atoms with van der Waals surface area (Å²) >= 11 is 1.94. The molecule has 2 amide bonds. The van der Waals surface area contributed by atoms with E-state index in [0.717, 1.165) is 36.6 Å². The highest BCUT2D eigenvalue weighted by Gasteiger charge is 2.21. The van der Waals surface area contributed by atoms with Crippen molar-refractivity contribution in [3.63, 3.8) is 0 Å². The number of carbonyl (C=O) groups is 1. The van der Waals surface area contributed by atoms with Gasteiger partial charge in [0.25, 0.3) is 0 Å². The molecule has 0 radical (unpaired) electrons. The van der Waals surface area contributed by atoms with Gasteiger partial charge < -0.3 is 15.0 Å². The van der Waals surface area contributed by atoms with E-state index in [9.17, 15) is 4.79 Å². The van der Waals surface area contributed by atoms with Crippen molar-refractivity contribution in [3.05, 3.63) is 65.7 Å². The molecule has 2 aromatic carbocycles. The minimum absolute atomic E-state index is 0.0186. The van der Waals surface area contributed by atoms with Crippen LogP contribution in [-0.2, 0) is 6.54 Å². The molecule has 0 aromatic heterocycles. The molecule has 1 aliphatic heterocycles. The zero-order valence-electron chi connectivity index (χ0n) is 14.5. The topological polar surface area (TPSA) is 41.6 Å². The summed E-state index contributed by atoms with van der Waals surface area (Å²) in [4.78, 5) is 14.4. The van der Waals surface area contributed by atoms with Crippen molar-refractivity contribution in [2.24, 2.45) is 0 Å². The second kappa shape index (κ2) is 8.81. The van der Waals surface area contributed by atoms with Gasteiger partial charge >= 0.3 is 6.03 Å². The molecule has 1 aliphatic rings. The fourth-order valence-electron chi connectivity index (χ4n) is 2.94. The van der Waals surface area contributed by atoms with E-state index in [1.165, 1.54) is 5.56 Å². The summed E-state index contributed by atoms with van der Waals surface area (Å²) in [5.41, 5.74) is 2.42. The molecule has 1 heterocycles. The summed E-state index contributed by atoms with van der Waals surface area (Å²) in [5, 5.41) is 3.50. The van der Waals surface area contributed by atoms with Crippen LogP contribution in [0.3, 0.4) is 0 Å². The second-order valence-corrected chi connectivity index (χ2v) is 7.36. The number of hydrogen-bond donors (Lipinski definition) is 1. The molecule has 1 N–H and O–H groups in total. The van der Waals surface area contributed by atoms with E-state index in [4.69, 9.17) is 4.74 Å². The van der Waals surface area contributed by atoms with Crippen LogP contribution in [0, 0.1) is 0 Å². The first kappa shape index (κ1) is 17.7. The highest BCUT2D eigenvalue weighted by atomic mass is 32.2. The number of benzene rings is 2. The maximum atomic E-state index is 12.5. The van der Waals surface area contributed by atoms with Crippen LogP contribution < -0.4 is 10.1 Å². The van der Waals surface area contributed by atoms with Crippen molar-refractivity contribution in [3.8, 4) is 5.75 Å². The first-order valence-corrected chi connectivity index (χ1v) is 9.63. The number of amides is 2.